The second kappa shape index (κ2) is 1060. The number of hydrogen-bond acceptors (Lipinski definition) is 0. The third-order valence-electron chi connectivity index (χ3n) is 0. The van der Waals surface area contributed by atoms with E-state index in [0.29, 0.717) is 0 Å². The van der Waals surface area contributed by atoms with Crippen molar-refractivity contribution in [3.8, 4) is 0 Å². The van der Waals surface area contributed by atoms with Crippen molar-refractivity contribution < 1.29 is 35.9 Å². The summed E-state index contributed by atoms with van der Waals surface area (Å²) in [5.41, 5.74) is 0. The normalized spacial score (nSPS) is 0. The minimum atomic E-state index is 0. The smallest absolute Gasteiger partial charge is 0.0814 e. The molecule has 0 saturated heterocycles. The van der Waals surface area contributed by atoms with Gasteiger partial charge in [-0.25, -0.2) is 0 Å². The maximum Gasteiger partial charge on any atom is 0.0814 e. The number of hydrogen-bond donors (Lipinski definition) is 0. The van der Waals surface area contributed by atoms with Gasteiger partial charge in [-0.3, -0.25) is 18.8 Å². The second-order valence-electron chi connectivity index (χ2n) is 0. The van der Waals surface area contributed by atoms with Crippen LogP contribution in [0.15, 0.2) is 0 Å². The van der Waals surface area contributed by atoms with Crippen LogP contribution in [0.3, 0.4) is 0 Å². The Morgan fingerprint density at radius 1 is 0.500 bits per heavy atom. The minimum absolute atomic E-state index is 0. The van der Waals surface area contributed by atoms with Crippen LogP contribution < -0.4 is 0 Å². The molecule has 0 aliphatic rings. The molecule has 0 atom stereocenters. The third kappa shape index (κ3) is 507. The van der Waals surface area contributed by atoms with Crippen LogP contribution in [0.5, 0.6) is 0 Å². The van der Waals surface area contributed by atoms with Gasteiger partial charge in [-0.15, -0.1) is 0 Å². The maximum absolute atomic E-state index is 0. The van der Waals surface area contributed by atoms with Crippen LogP contribution in [0.25, 0.3) is 0 Å². The molecule has 0 bridgehead atoms. The van der Waals surface area contributed by atoms with Crippen molar-refractivity contribution in [3.05, 3.63) is 0 Å². The van der Waals surface area contributed by atoms with Crippen molar-refractivity contribution >= 4 is 8.41 Å². The second-order valence-corrected chi connectivity index (χ2v) is 0. The van der Waals surface area contributed by atoms with Crippen LogP contribution in [-0.4, -0.2) is 8.41 Å². The van der Waals surface area contributed by atoms with Crippen molar-refractivity contribution in [1.82, 2.24) is 0 Å². The Bertz CT molecular complexity index is 7.51. The molecule has 0 aliphatic heterocycles. The van der Waals surface area contributed by atoms with Gasteiger partial charge in [0.15, 0.2) is 0 Å². The van der Waals surface area contributed by atoms with E-state index in [-0.39, 0.29) is 44.3 Å². The van der Waals surface area contributed by atoms with Gasteiger partial charge in [-0.1, -0.05) is 0 Å². The molecule has 0 aromatic carbocycles. The molecule has 0 aliphatic carbocycles. The van der Waals surface area contributed by atoms with Crippen molar-refractivity contribution in [2.75, 3.05) is 0 Å². The van der Waals surface area contributed by atoms with Gasteiger partial charge in [0, 0.05) is 17.1 Å². The summed E-state index contributed by atoms with van der Waals surface area (Å²) >= 11 is 0. The molecule has 0 nitrogen and oxygen atoms in total. The molecular weight excluding hydrogens is 150 g/mol. The Labute approximate surface area is 45.2 Å². The molecule has 0 unspecified atom stereocenters. The molecular formula is H7BCuF4. The molecule has 0 amide bonds. The van der Waals surface area contributed by atoms with Gasteiger partial charge >= 0.3 is 0 Å². The average molecular weight is 157 g/mol. The standard InChI is InChI=1S/BH3.Cu.4FH/h1H3;;4*1H. The van der Waals surface area contributed by atoms with E-state index >= 15 is 0 Å². The molecule has 1 radical (unpaired) electrons. The SMILES string of the molecule is B.F.F.F.F.[Cu]. The first kappa shape index (κ1) is 1910. The summed E-state index contributed by atoms with van der Waals surface area (Å²) in [5, 5.41) is 0. The quantitative estimate of drug-likeness (QED) is 0.326. The molecule has 0 aromatic heterocycles. The van der Waals surface area contributed by atoms with Gasteiger partial charge in [0.05, 0.1) is 8.41 Å². The van der Waals surface area contributed by atoms with Gasteiger partial charge in [0.2, 0.25) is 0 Å². The molecule has 49 valence electrons. The van der Waals surface area contributed by atoms with E-state index in [4.69, 9.17) is 0 Å². The van der Waals surface area contributed by atoms with E-state index in [1.165, 1.54) is 0 Å². The van der Waals surface area contributed by atoms with E-state index in [1.807, 2.05) is 0 Å². The molecule has 0 heterocycles. The maximum atomic E-state index is 0. The molecule has 6 heavy (non-hydrogen) atoms. The summed E-state index contributed by atoms with van der Waals surface area (Å²) in [6.07, 6.45) is 0. The van der Waals surface area contributed by atoms with Gasteiger partial charge in [0.1, 0.15) is 0 Å². The van der Waals surface area contributed by atoms with Crippen LogP contribution in [0, 0.1) is 0 Å². The first-order chi connectivity index (χ1) is 0. The molecule has 0 aromatic rings. The summed E-state index contributed by atoms with van der Waals surface area (Å²) in [6.45, 7) is 0. The minimum Gasteiger partial charge on any atom is -0.269 e. The molecule has 0 rings (SSSR count). The third-order valence-corrected chi connectivity index (χ3v) is 0. The Hall–Kier alpha value is 0.304. The largest absolute Gasteiger partial charge is 0.269 e. The van der Waals surface area contributed by atoms with Crippen molar-refractivity contribution in [2.45, 2.75) is 0 Å². The zero-order valence-electron chi connectivity index (χ0n) is 1.93. The number of halogens is 4. The predicted molar refractivity (Wildman–Crippen MR) is 20.0 cm³/mol. The van der Waals surface area contributed by atoms with Gasteiger partial charge in [0.25, 0.3) is 0 Å². The predicted octanol–water partition coefficient (Wildman–Crippen LogP) is -0.576. The summed E-state index contributed by atoms with van der Waals surface area (Å²) in [7, 11) is 0. The first-order valence-corrected chi connectivity index (χ1v) is 0. The van der Waals surface area contributed by atoms with E-state index in [9.17, 15) is 0 Å². The molecule has 6 heteroatoms. The molecule has 0 spiro atoms. The van der Waals surface area contributed by atoms with Crippen LogP contribution in [0.2, 0.25) is 0 Å². The summed E-state index contributed by atoms with van der Waals surface area (Å²) in [4.78, 5) is 0. The first-order valence-electron chi connectivity index (χ1n) is 0. The van der Waals surface area contributed by atoms with Crippen molar-refractivity contribution in [2.24, 2.45) is 0 Å². The topological polar surface area (TPSA) is 0 Å². The summed E-state index contributed by atoms with van der Waals surface area (Å²) < 4.78 is 0. The van der Waals surface area contributed by atoms with Crippen LogP contribution in [0.1, 0.15) is 0 Å². The van der Waals surface area contributed by atoms with Gasteiger partial charge in [-0.05, 0) is 0 Å². The summed E-state index contributed by atoms with van der Waals surface area (Å²) in [5.74, 6) is 0. The Morgan fingerprint density at radius 2 is 0.500 bits per heavy atom. The Morgan fingerprint density at radius 3 is 0.500 bits per heavy atom. The van der Waals surface area contributed by atoms with Crippen LogP contribution in [0.4, 0.5) is 18.8 Å². The Balaban J connectivity index is 0. The van der Waals surface area contributed by atoms with Crippen LogP contribution >= 0.6 is 0 Å². The molecule has 0 saturated carbocycles. The fraction of sp³-hybridized carbons (Fsp3) is 0. The summed E-state index contributed by atoms with van der Waals surface area (Å²) in [6, 6.07) is 0. The van der Waals surface area contributed by atoms with Gasteiger partial charge in [-0.2, -0.15) is 0 Å². The molecule has 0 fully saturated rings. The van der Waals surface area contributed by atoms with E-state index in [1.54, 1.807) is 0 Å². The van der Waals surface area contributed by atoms with E-state index in [2.05, 4.69) is 0 Å². The average Bonchev–Trinajstić information content (AvgIpc) is 0. The van der Waals surface area contributed by atoms with E-state index in [0.717, 1.165) is 0 Å². The zero-order chi connectivity index (χ0) is 0. The number of rotatable bonds is 0. The van der Waals surface area contributed by atoms with Crippen molar-refractivity contribution in [3.63, 3.8) is 0 Å². The fourth-order valence-electron chi connectivity index (χ4n) is 0. The van der Waals surface area contributed by atoms with Crippen molar-refractivity contribution in [1.29, 1.82) is 0 Å². The van der Waals surface area contributed by atoms with Gasteiger partial charge < -0.3 is 0 Å². The Kier molecular flexibility index (Phi) is 338000. The molecule has 0 N–H and O–H groups in total. The monoisotopic (exact) mass is 157 g/mol. The van der Waals surface area contributed by atoms with Crippen LogP contribution in [-0.2, 0) is 17.1 Å². The van der Waals surface area contributed by atoms with E-state index < -0.39 is 0 Å². The zero-order valence-corrected chi connectivity index (χ0v) is 2.88. The fourth-order valence-corrected chi connectivity index (χ4v) is 0.